The predicted octanol–water partition coefficient (Wildman–Crippen LogP) is 2.03. The van der Waals surface area contributed by atoms with Crippen molar-refractivity contribution in [2.75, 3.05) is 0 Å². The van der Waals surface area contributed by atoms with Gasteiger partial charge in [-0.2, -0.15) is 0 Å². The lowest BCUT2D eigenvalue weighted by Crippen LogP contribution is -2.05. The highest BCUT2D eigenvalue weighted by Crippen LogP contribution is 2.33. The number of rotatable bonds is 4. The van der Waals surface area contributed by atoms with Crippen molar-refractivity contribution >= 4 is 23.2 Å². The molecule has 0 atom stereocenters. The standard InChI is InChI=1S/C12H9N3O4S/c1-7(16)8-2-3-10(9(6-8)15(18)19)20-12-13-5-4-11(17)14-12/h2-6H,1H3,(H,13,14,17). The largest absolute Gasteiger partial charge is 0.301 e. The topological polar surface area (TPSA) is 106 Å². The first-order chi connectivity index (χ1) is 9.47. The van der Waals surface area contributed by atoms with Crippen LogP contribution >= 0.6 is 11.8 Å². The summed E-state index contributed by atoms with van der Waals surface area (Å²) in [5, 5.41) is 11.3. The molecule has 0 aliphatic carbocycles. The van der Waals surface area contributed by atoms with Crippen LogP contribution in [0.4, 0.5) is 5.69 Å². The Balaban J connectivity index is 2.43. The minimum atomic E-state index is -0.574. The normalized spacial score (nSPS) is 10.2. The molecule has 0 saturated heterocycles. The maximum Gasteiger partial charge on any atom is 0.284 e. The molecule has 1 heterocycles. The first-order valence-electron chi connectivity index (χ1n) is 5.50. The average molecular weight is 291 g/mol. The van der Waals surface area contributed by atoms with Crippen LogP contribution in [0, 0.1) is 10.1 Å². The lowest BCUT2D eigenvalue weighted by atomic mass is 10.1. The summed E-state index contributed by atoms with van der Waals surface area (Å²) in [4.78, 5) is 39.5. The fourth-order valence-corrected chi connectivity index (χ4v) is 2.32. The lowest BCUT2D eigenvalue weighted by molar-refractivity contribution is -0.387. The fourth-order valence-electron chi connectivity index (χ4n) is 1.47. The maximum atomic E-state index is 11.2. The fraction of sp³-hybridized carbons (Fsp3) is 0.0833. The number of carbonyl (C=O) groups excluding carboxylic acids is 1. The molecule has 0 radical (unpaired) electrons. The Kier molecular flexibility index (Phi) is 3.94. The first-order valence-corrected chi connectivity index (χ1v) is 6.31. The highest BCUT2D eigenvalue weighted by atomic mass is 32.2. The molecule has 0 unspecified atom stereocenters. The SMILES string of the molecule is CC(=O)c1ccc(Sc2nccc(=O)[nH]2)c([N+](=O)[O-])c1. The third-order valence-electron chi connectivity index (χ3n) is 2.42. The molecule has 7 nitrogen and oxygen atoms in total. The van der Waals surface area contributed by atoms with Crippen LogP contribution in [-0.2, 0) is 0 Å². The number of carbonyl (C=O) groups is 1. The lowest BCUT2D eigenvalue weighted by Gasteiger charge is -2.03. The van der Waals surface area contributed by atoms with Crippen molar-refractivity contribution in [3.8, 4) is 0 Å². The molecule has 102 valence electrons. The zero-order chi connectivity index (χ0) is 14.7. The van der Waals surface area contributed by atoms with Crippen LogP contribution in [-0.4, -0.2) is 20.7 Å². The molecular formula is C12H9N3O4S. The van der Waals surface area contributed by atoms with Gasteiger partial charge >= 0.3 is 0 Å². The van der Waals surface area contributed by atoms with Gasteiger partial charge in [-0.1, -0.05) is 0 Å². The number of hydrogen-bond acceptors (Lipinski definition) is 6. The Labute approximate surface area is 117 Å². The van der Waals surface area contributed by atoms with Gasteiger partial charge in [-0.05, 0) is 30.8 Å². The van der Waals surface area contributed by atoms with Crippen molar-refractivity contribution < 1.29 is 9.72 Å². The summed E-state index contributed by atoms with van der Waals surface area (Å²) in [7, 11) is 0. The Bertz CT molecular complexity index is 741. The van der Waals surface area contributed by atoms with Crippen LogP contribution in [0.15, 0.2) is 45.3 Å². The van der Waals surface area contributed by atoms with Crippen molar-refractivity contribution in [2.45, 2.75) is 17.0 Å². The van der Waals surface area contributed by atoms with Gasteiger partial charge in [-0.3, -0.25) is 19.7 Å². The monoisotopic (exact) mass is 291 g/mol. The molecule has 2 rings (SSSR count). The van der Waals surface area contributed by atoms with Crippen molar-refractivity contribution in [2.24, 2.45) is 0 Å². The van der Waals surface area contributed by atoms with E-state index in [1.165, 1.54) is 37.4 Å². The maximum absolute atomic E-state index is 11.2. The average Bonchev–Trinajstić information content (AvgIpc) is 2.38. The van der Waals surface area contributed by atoms with E-state index in [4.69, 9.17) is 0 Å². The van der Waals surface area contributed by atoms with Gasteiger partial charge in [0.25, 0.3) is 11.2 Å². The zero-order valence-corrected chi connectivity index (χ0v) is 11.1. The zero-order valence-electron chi connectivity index (χ0n) is 10.3. The van der Waals surface area contributed by atoms with Gasteiger partial charge in [0.2, 0.25) is 0 Å². The van der Waals surface area contributed by atoms with Gasteiger partial charge in [0.15, 0.2) is 10.9 Å². The number of benzene rings is 1. The second-order valence-electron chi connectivity index (χ2n) is 3.84. The minimum absolute atomic E-state index is 0.200. The first kappa shape index (κ1) is 13.9. The third kappa shape index (κ3) is 3.09. The van der Waals surface area contributed by atoms with Crippen molar-refractivity contribution in [3.05, 3.63) is 56.5 Å². The smallest absolute Gasteiger partial charge is 0.284 e. The predicted molar refractivity (Wildman–Crippen MR) is 72.1 cm³/mol. The number of aromatic amines is 1. The van der Waals surface area contributed by atoms with E-state index >= 15 is 0 Å². The summed E-state index contributed by atoms with van der Waals surface area (Å²) >= 11 is 0.957. The number of H-pyrrole nitrogens is 1. The Morgan fingerprint density at radius 1 is 1.40 bits per heavy atom. The van der Waals surface area contributed by atoms with Crippen molar-refractivity contribution in [3.63, 3.8) is 0 Å². The van der Waals surface area contributed by atoms with Gasteiger partial charge in [-0.25, -0.2) is 4.98 Å². The Morgan fingerprint density at radius 2 is 2.15 bits per heavy atom. The molecule has 20 heavy (non-hydrogen) atoms. The van der Waals surface area contributed by atoms with Gasteiger partial charge in [0.05, 0.1) is 9.82 Å². The molecule has 1 N–H and O–H groups in total. The van der Waals surface area contributed by atoms with E-state index in [0.29, 0.717) is 4.90 Å². The van der Waals surface area contributed by atoms with E-state index in [1.807, 2.05) is 0 Å². The number of Topliss-reactive ketones (excluding diaryl/α,β-unsaturated/α-hetero) is 1. The van der Waals surface area contributed by atoms with Gasteiger partial charge in [-0.15, -0.1) is 0 Å². The van der Waals surface area contributed by atoms with E-state index in [1.54, 1.807) is 0 Å². The van der Waals surface area contributed by atoms with Gasteiger partial charge in [0.1, 0.15) is 0 Å². The molecule has 0 amide bonds. The van der Waals surface area contributed by atoms with Crippen molar-refractivity contribution in [1.29, 1.82) is 0 Å². The summed E-state index contributed by atoms with van der Waals surface area (Å²) in [5.74, 6) is -0.254. The summed E-state index contributed by atoms with van der Waals surface area (Å²) in [6, 6.07) is 5.42. The van der Waals surface area contributed by atoms with E-state index in [-0.39, 0.29) is 27.7 Å². The molecule has 2 aromatic rings. The van der Waals surface area contributed by atoms with Crippen LogP contribution in [0.5, 0.6) is 0 Å². The van der Waals surface area contributed by atoms with E-state index in [0.717, 1.165) is 11.8 Å². The van der Waals surface area contributed by atoms with Crippen LogP contribution in [0.1, 0.15) is 17.3 Å². The number of nitro groups is 1. The van der Waals surface area contributed by atoms with Crippen LogP contribution in [0.3, 0.4) is 0 Å². The number of aromatic nitrogens is 2. The number of nitrogens with one attached hydrogen (secondary N) is 1. The quantitative estimate of drug-likeness (QED) is 0.400. The molecule has 0 fully saturated rings. The summed E-state index contributed by atoms with van der Waals surface area (Å²) in [6.45, 7) is 1.34. The molecular weight excluding hydrogens is 282 g/mol. The van der Waals surface area contributed by atoms with Gasteiger partial charge in [0, 0.05) is 23.9 Å². The van der Waals surface area contributed by atoms with Gasteiger partial charge < -0.3 is 4.98 Å². The Morgan fingerprint density at radius 3 is 2.75 bits per heavy atom. The molecule has 0 saturated carbocycles. The third-order valence-corrected chi connectivity index (χ3v) is 3.38. The van der Waals surface area contributed by atoms with E-state index < -0.39 is 4.92 Å². The second kappa shape index (κ2) is 5.66. The summed E-state index contributed by atoms with van der Waals surface area (Å²) < 4.78 is 0. The molecule has 0 aliphatic heterocycles. The van der Waals surface area contributed by atoms with Crippen LogP contribution in [0.25, 0.3) is 0 Å². The highest BCUT2D eigenvalue weighted by molar-refractivity contribution is 7.99. The minimum Gasteiger partial charge on any atom is -0.301 e. The number of nitrogens with zero attached hydrogens (tertiary/aromatic N) is 2. The number of nitro benzene ring substituents is 1. The van der Waals surface area contributed by atoms with E-state index in [9.17, 15) is 19.7 Å². The van der Waals surface area contributed by atoms with Crippen LogP contribution < -0.4 is 5.56 Å². The summed E-state index contributed by atoms with van der Waals surface area (Å²) in [5.41, 5.74) is -0.282. The summed E-state index contributed by atoms with van der Waals surface area (Å²) in [6.07, 6.45) is 1.32. The molecule has 1 aromatic carbocycles. The molecule has 8 heteroatoms. The molecule has 0 aliphatic rings. The molecule has 0 spiro atoms. The van der Waals surface area contributed by atoms with Crippen molar-refractivity contribution in [1.82, 2.24) is 9.97 Å². The van der Waals surface area contributed by atoms with E-state index in [2.05, 4.69) is 9.97 Å². The number of hydrogen-bond donors (Lipinski definition) is 1. The van der Waals surface area contributed by atoms with Crippen LogP contribution in [0.2, 0.25) is 0 Å². The number of ketones is 1. The highest BCUT2D eigenvalue weighted by Gasteiger charge is 2.17. The molecule has 1 aromatic heterocycles. The molecule has 0 bridgehead atoms. The second-order valence-corrected chi connectivity index (χ2v) is 4.87. The Hall–Kier alpha value is -2.48.